The molecular formula is C35H9F6N7O2. The number of allylic oxidation sites excluding steroid dienone is 8. The van der Waals surface area contributed by atoms with Crippen LogP contribution in [0.3, 0.4) is 0 Å². The third-order valence-corrected chi connectivity index (χ3v) is 7.40. The lowest BCUT2D eigenvalue weighted by atomic mass is 9.87. The van der Waals surface area contributed by atoms with E-state index in [9.17, 15) is 63.2 Å². The summed E-state index contributed by atoms with van der Waals surface area (Å²) in [7, 11) is 0. The van der Waals surface area contributed by atoms with E-state index in [1.54, 1.807) is 24.3 Å². The number of nitrogens with zero attached hydrogens (tertiary/aromatic N) is 7. The molecule has 0 spiro atoms. The van der Waals surface area contributed by atoms with Crippen molar-refractivity contribution < 1.29 is 35.8 Å². The lowest BCUT2D eigenvalue weighted by Crippen LogP contribution is -2.17. The summed E-state index contributed by atoms with van der Waals surface area (Å²) in [5.41, 5.74) is -3.16. The second-order valence-corrected chi connectivity index (χ2v) is 10.0. The summed E-state index contributed by atoms with van der Waals surface area (Å²) >= 11 is 0. The summed E-state index contributed by atoms with van der Waals surface area (Å²) in [5, 5.41) is 71.1. The number of halogens is 6. The fraction of sp³-hybridized carbons (Fsp3) is 0.0571. The second kappa shape index (κ2) is 12.4. The molecule has 0 fully saturated rings. The van der Waals surface area contributed by atoms with E-state index in [1.807, 2.05) is 18.2 Å². The molecule has 0 aromatic heterocycles. The van der Waals surface area contributed by atoms with Crippen LogP contribution in [0, 0.1) is 79.3 Å². The van der Waals surface area contributed by atoms with Crippen molar-refractivity contribution in [1.29, 1.82) is 36.8 Å². The molecule has 0 bridgehead atoms. The zero-order valence-corrected chi connectivity index (χ0v) is 24.4. The number of benzene rings is 3. The van der Waals surface area contributed by atoms with Crippen LogP contribution in [0.1, 0.15) is 38.9 Å². The van der Waals surface area contributed by atoms with Crippen LogP contribution in [-0.2, 0) is 0 Å². The van der Waals surface area contributed by atoms with Crippen molar-refractivity contribution in [1.82, 2.24) is 0 Å². The van der Waals surface area contributed by atoms with Crippen LogP contribution in [-0.4, -0.2) is 12.7 Å². The zero-order valence-electron chi connectivity index (χ0n) is 24.4. The SMILES string of the molecule is N#CC(C#N)=C1C(c2ccc(OC(F)(F)F)cc2)=C(C#N)c2c1cc1c(c2C#N)C(C#N)=C(c2ccc(OC(F)(F)F)cc2)C1=C(C#N)C#N. The average molecular weight is 673 g/mol. The van der Waals surface area contributed by atoms with Crippen LogP contribution < -0.4 is 9.47 Å². The molecule has 3 aromatic rings. The molecule has 9 nitrogen and oxygen atoms in total. The van der Waals surface area contributed by atoms with Crippen LogP contribution >= 0.6 is 0 Å². The Kier molecular flexibility index (Phi) is 8.36. The number of fused-ring (bicyclic) bond motifs is 2. The monoisotopic (exact) mass is 673 g/mol. The van der Waals surface area contributed by atoms with Crippen LogP contribution in [0.5, 0.6) is 11.5 Å². The molecule has 15 heteroatoms. The van der Waals surface area contributed by atoms with Crippen LogP contribution in [0.25, 0.3) is 33.4 Å². The molecule has 0 heterocycles. The van der Waals surface area contributed by atoms with Gasteiger partial charge in [0.25, 0.3) is 0 Å². The van der Waals surface area contributed by atoms with E-state index in [2.05, 4.69) is 9.47 Å². The van der Waals surface area contributed by atoms with Gasteiger partial charge in [0.15, 0.2) is 0 Å². The molecule has 3 aromatic carbocycles. The molecule has 0 amide bonds. The Morgan fingerprint density at radius 2 is 0.840 bits per heavy atom. The predicted octanol–water partition coefficient (Wildman–Crippen LogP) is 7.85. The maximum Gasteiger partial charge on any atom is 0.573 e. The minimum absolute atomic E-state index is 0.0396. The van der Waals surface area contributed by atoms with Crippen molar-refractivity contribution in [3.63, 3.8) is 0 Å². The van der Waals surface area contributed by atoms with Gasteiger partial charge < -0.3 is 9.47 Å². The molecular weight excluding hydrogens is 664 g/mol. The first-order chi connectivity index (χ1) is 23.7. The Hall–Kier alpha value is -7.77. The lowest BCUT2D eigenvalue weighted by Gasteiger charge is -2.13. The Bertz CT molecular complexity index is 2260. The number of ether oxygens (including phenoxy) is 2. The predicted molar refractivity (Wildman–Crippen MR) is 159 cm³/mol. The average Bonchev–Trinajstić information content (AvgIpc) is 3.57. The summed E-state index contributed by atoms with van der Waals surface area (Å²) in [6.45, 7) is 0. The van der Waals surface area contributed by atoms with Crippen molar-refractivity contribution in [2.45, 2.75) is 12.7 Å². The van der Waals surface area contributed by atoms with Crippen LogP contribution in [0.4, 0.5) is 26.3 Å². The Morgan fingerprint density at radius 1 is 0.500 bits per heavy atom. The number of nitriles is 7. The Labute approximate surface area is 277 Å². The van der Waals surface area contributed by atoms with Gasteiger partial charge in [0.05, 0.1) is 16.7 Å². The molecule has 50 heavy (non-hydrogen) atoms. The van der Waals surface area contributed by atoms with E-state index in [-0.39, 0.29) is 72.4 Å². The smallest absolute Gasteiger partial charge is 0.406 e. The van der Waals surface area contributed by atoms with Gasteiger partial charge in [-0.2, -0.15) is 36.8 Å². The van der Waals surface area contributed by atoms with Crippen molar-refractivity contribution in [3.8, 4) is 54.0 Å². The molecule has 0 N–H and O–H groups in total. The third-order valence-electron chi connectivity index (χ3n) is 7.40. The van der Waals surface area contributed by atoms with Crippen molar-refractivity contribution in [3.05, 3.63) is 105 Å². The molecule has 238 valence electrons. The zero-order chi connectivity index (χ0) is 36.5. The highest BCUT2D eigenvalue weighted by Crippen LogP contribution is 2.56. The molecule has 2 aliphatic rings. The molecule has 0 aliphatic heterocycles. The molecule has 0 saturated heterocycles. The molecule has 2 aliphatic carbocycles. The molecule has 0 unspecified atom stereocenters. The lowest BCUT2D eigenvalue weighted by molar-refractivity contribution is -0.275. The number of hydrogen-bond donors (Lipinski definition) is 0. The van der Waals surface area contributed by atoms with E-state index in [0.717, 1.165) is 48.5 Å². The fourth-order valence-electron chi connectivity index (χ4n) is 5.72. The summed E-state index contributed by atoms with van der Waals surface area (Å²) < 4.78 is 84.7. The van der Waals surface area contributed by atoms with Gasteiger partial charge in [-0.05, 0) is 52.6 Å². The normalized spacial score (nSPS) is 13.0. The summed E-state index contributed by atoms with van der Waals surface area (Å²) in [6, 6.07) is 22.1. The summed E-state index contributed by atoms with van der Waals surface area (Å²) in [5.74, 6) is -1.24. The van der Waals surface area contributed by atoms with Gasteiger partial charge in [-0.25, -0.2) is 0 Å². The van der Waals surface area contributed by atoms with Gasteiger partial charge in [0.1, 0.15) is 65.1 Å². The summed E-state index contributed by atoms with van der Waals surface area (Å²) in [4.78, 5) is 0. The van der Waals surface area contributed by atoms with Gasteiger partial charge in [-0.15, -0.1) is 26.3 Å². The van der Waals surface area contributed by atoms with Gasteiger partial charge in [0, 0.05) is 33.4 Å². The molecule has 0 saturated carbocycles. The number of rotatable bonds is 4. The highest BCUT2D eigenvalue weighted by molar-refractivity contribution is 6.30. The largest absolute Gasteiger partial charge is 0.573 e. The first-order valence-electron chi connectivity index (χ1n) is 13.5. The van der Waals surface area contributed by atoms with Crippen molar-refractivity contribution >= 4 is 33.4 Å². The highest BCUT2D eigenvalue weighted by Gasteiger charge is 2.41. The topological polar surface area (TPSA) is 185 Å². The maximum atomic E-state index is 12.8. The molecule has 5 rings (SSSR count). The van der Waals surface area contributed by atoms with E-state index in [4.69, 9.17) is 0 Å². The van der Waals surface area contributed by atoms with Gasteiger partial charge >= 0.3 is 12.7 Å². The summed E-state index contributed by atoms with van der Waals surface area (Å²) in [6.07, 6.45) is -10.0. The van der Waals surface area contributed by atoms with E-state index < -0.39 is 35.4 Å². The fourth-order valence-corrected chi connectivity index (χ4v) is 5.72. The highest BCUT2D eigenvalue weighted by atomic mass is 19.4. The quantitative estimate of drug-likeness (QED) is 0.196. The van der Waals surface area contributed by atoms with Gasteiger partial charge in [0.2, 0.25) is 0 Å². The van der Waals surface area contributed by atoms with E-state index in [1.165, 1.54) is 6.07 Å². The first kappa shape index (κ1) is 33.6. The van der Waals surface area contributed by atoms with Gasteiger partial charge in [-0.3, -0.25) is 0 Å². The molecule has 0 radical (unpaired) electrons. The van der Waals surface area contributed by atoms with Crippen molar-refractivity contribution in [2.24, 2.45) is 0 Å². The van der Waals surface area contributed by atoms with Gasteiger partial charge in [-0.1, -0.05) is 24.3 Å². The maximum absolute atomic E-state index is 12.8. The van der Waals surface area contributed by atoms with E-state index in [0.29, 0.717) is 0 Å². The second-order valence-electron chi connectivity index (χ2n) is 10.0. The Balaban J connectivity index is 1.88. The van der Waals surface area contributed by atoms with E-state index >= 15 is 0 Å². The molecule has 0 atom stereocenters. The third kappa shape index (κ3) is 5.70. The standard InChI is InChI=1S/C35H9F6N7O2/c36-34(37,38)49-21-5-1-17(2-6-21)28-25(14-46)32-23(30(28)19(10-42)11-43)9-24-31(20(12-44)13-45)29(26(15-47)33(24)27(32)16-48)18-3-7-22(8-4-18)50-35(39,40)41/h1-9H. The minimum Gasteiger partial charge on any atom is -0.406 e. The van der Waals surface area contributed by atoms with Crippen LogP contribution in [0.15, 0.2) is 65.7 Å². The minimum atomic E-state index is -5.02. The van der Waals surface area contributed by atoms with Crippen molar-refractivity contribution in [2.75, 3.05) is 0 Å². The van der Waals surface area contributed by atoms with Crippen LogP contribution in [0.2, 0.25) is 0 Å². The number of hydrogen-bond acceptors (Lipinski definition) is 9. The Morgan fingerprint density at radius 3 is 1.10 bits per heavy atom. The first-order valence-corrected chi connectivity index (χ1v) is 13.5. The number of alkyl halides is 6.